The summed E-state index contributed by atoms with van der Waals surface area (Å²) in [4.78, 5) is 11.0. The van der Waals surface area contributed by atoms with Gasteiger partial charge in [-0.3, -0.25) is 0 Å². The average molecular weight is 348 g/mol. The van der Waals surface area contributed by atoms with E-state index in [-0.39, 0.29) is 11.3 Å². The quantitative estimate of drug-likeness (QED) is 0.770. The van der Waals surface area contributed by atoms with Gasteiger partial charge in [-0.2, -0.15) is 5.10 Å². The Hall–Kier alpha value is -3.29. The van der Waals surface area contributed by atoms with Crippen molar-refractivity contribution in [3.05, 3.63) is 66.4 Å². The van der Waals surface area contributed by atoms with Gasteiger partial charge in [-0.15, -0.1) is 13.2 Å². The molecule has 8 heteroatoms. The van der Waals surface area contributed by atoms with Crippen molar-refractivity contribution in [2.45, 2.75) is 6.36 Å². The molecule has 1 heterocycles. The van der Waals surface area contributed by atoms with Gasteiger partial charge in [0.25, 0.3) is 0 Å². The molecule has 0 aliphatic carbocycles. The first-order valence-corrected chi connectivity index (χ1v) is 7.07. The Kier molecular flexibility index (Phi) is 4.18. The van der Waals surface area contributed by atoms with Crippen molar-refractivity contribution in [2.75, 3.05) is 0 Å². The fourth-order valence-corrected chi connectivity index (χ4v) is 2.23. The number of aromatic carboxylic acids is 1. The molecule has 3 rings (SSSR count). The lowest BCUT2D eigenvalue weighted by Gasteiger charge is -2.09. The molecule has 0 aliphatic heterocycles. The number of rotatable bonds is 4. The van der Waals surface area contributed by atoms with Crippen LogP contribution in [0, 0.1) is 0 Å². The maximum atomic E-state index is 12.2. The molecule has 0 atom stereocenters. The average Bonchev–Trinajstić information content (AvgIpc) is 3.04. The van der Waals surface area contributed by atoms with Gasteiger partial charge in [0.1, 0.15) is 5.75 Å². The number of ether oxygens (including phenoxy) is 1. The van der Waals surface area contributed by atoms with Crippen molar-refractivity contribution >= 4 is 5.97 Å². The lowest BCUT2D eigenvalue weighted by molar-refractivity contribution is -0.274. The Morgan fingerprint density at radius 2 is 1.80 bits per heavy atom. The van der Waals surface area contributed by atoms with Gasteiger partial charge in [-0.05, 0) is 42.5 Å². The maximum Gasteiger partial charge on any atom is 0.573 e. The van der Waals surface area contributed by atoms with E-state index in [1.54, 1.807) is 24.4 Å². The normalized spacial score (nSPS) is 11.3. The number of aromatic nitrogens is 2. The Morgan fingerprint density at radius 1 is 1.08 bits per heavy atom. The maximum absolute atomic E-state index is 12.2. The van der Waals surface area contributed by atoms with E-state index in [1.165, 1.54) is 41.1 Å². The SMILES string of the molecule is O=C(O)c1cccc(-c2ccn(-c3ccc(OC(F)(F)F)cc3)n2)c1. The predicted molar refractivity (Wildman–Crippen MR) is 82.6 cm³/mol. The molecule has 0 fully saturated rings. The summed E-state index contributed by atoms with van der Waals surface area (Å²) < 4.78 is 41.8. The predicted octanol–water partition coefficient (Wildman–Crippen LogP) is 4.14. The molecule has 0 amide bonds. The third-order valence-electron chi connectivity index (χ3n) is 3.33. The van der Waals surface area contributed by atoms with E-state index in [0.29, 0.717) is 16.9 Å². The van der Waals surface area contributed by atoms with Crippen molar-refractivity contribution < 1.29 is 27.8 Å². The van der Waals surface area contributed by atoms with Crippen LogP contribution in [-0.2, 0) is 0 Å². The summed E-state index contributed by atoms with van der Waals surface area (Å²) in [5.74, 6) is -1.36. The van der Waals surface area contributed by atoms with Gasteiger partial charge in [0, 0.05) is 11.8 Å². The first-order chi connectivity index (χ1) is 11.8. The summed E-state index contributed by atoms with van der Waals surface area (Å²) in [5, 5.41) is 13.3. The molecule has 1 N–H and O–H groups in total. The van der Waals surface area contributed by atoms with Crippen LogP contribution < -0.4 is 4.74 Å². The van der Waals surface area contributed by atoms with Crippen LogP contribution in [0.2, 0.25) is 0 Å². The number of carbonyl (C=O) groups is 1. The van der Waals surface area contributed by atoms with E-state index in [4.69, 9.17) is 5.11 Å². The lowest BCUT2D eigenvalue weighted by Crippen LogP contribution is -2.17. The summed E-state index contributed by atoms with van der Waals surface area (Å²) in [5.41, 5.74) is 1.84. The molecule has 128 valence electrons. The van der Waals surface area contributed by atoms with Gasteiger partial charge in [0.05, 0.1) is 16.9 Å². The highest BCUT2D eigenvalue weighted by Crippen LogP contribution is 2.24. The van der Waals surface area contributed by atoms with Gasteiger partial charge in [-0.1, -0.05) is 12.1 Å². The Morgan fingerprint density at radius 3 is 2.44 bits per heavy atom. The van der Waals surface area contributed by atoms with Crippen molar-refractivity contribution in [1.82, 2.24) is 9.78 Å². The number of carboxylic acid groups (broad SMARTS) is 1. The molecule has 0 spiro atoms. The molecule has 3 aromatic rings. The monoisotopic (exact) mass is 348 g/mol. The standard InChI is InChI=1S/C17H11F3N2O3/c18-17(19,20)25-14-6-4-13(5-7-14)22-9-8-15(21-22)11-2-1-3-12(10-11)16(23)24/h1-10H,(H,23,24). The summed E-state index contributed by atoms with van der Waals surface area (Å²) in [6, 6.07) is 13.2. The lowest BCUT2D eigenvalue weighted by atomic mass is 10.1. The zero-order chi connectivity index (χ0) is 18.0. The van der Waals surface area contributed by atoms with Crippen LogP contribution in [-0.4, -0.2) is 27.2 Å². The highest BCUT2D eigenvalue weighted by Gasteiger charge is 2.30. The van der Waals surface area contributed by atoms with Crippen LogP contribution in [0.15, 0.2) is 60.8 Å². The van der Waals surface area contributed by atoms with Crippen LogP contribution in [0.25, 0.3) is 16.9 Å². The van der Waals surface area contributed by atoms with Crippen LogP contribution >= 0.6 is 0 Å². The summed E-state index contributed by atoms with van der Waals surface area (Å²) >= 11 is 0. The molecule has 0 aliphatic rings. The summed E-state index contributed by atoms with van der Waals surface area (Å²) in [6.45, 7) is 0. The van der Waals surface area contributed by atoms with Crippen molar-refractivity contribution in [2.24, 2.45) is 0 Å². The second kappa shape index (κ2) is 6.31. The molecular formula is C17H11F3N2O3. The molecule has 0 unspecified atom stereocenters. The van der Waals surface area contributed by atoms with E-state index in [1.807, 2.05) is 0 Å². The van der Waals surface area contributed by atoms with Gasteiger partial charge in [0.15, 0.2) is 0 Å². The van der Waals surface area contributed by atoms with E-state index < -0.39 is 12.3 Å². The van der Waals surface area contributed by atoms with Gasteiger partial charge in [-0.25, -0.2) is 9.48 Å². The summed E-state index contributed by atoms with van der Waals surface area (Å²) in [6.07, 6.45) is -3.11. The minimum absolute atomic E-state index is 0.140. The zero-order valence-corrected chi connectivity index (χ0v) is 12.6. The molecule has 0 bridgehead atoms. The largest absolute Gasteiger partial charge is 0.573 e. The Labute approximate surface area is 139 Å². The summed E-state index contributed by atoms with van der Waals surface area (Å²) in [7, 11) is 0. The van der Waals surface area contributed by atoms with Crippen molar-refractivity contribution in [1.29, 1.82) is 0 Å². The van der Waals surface area contributed by atoms with E-state index in [9.17, 15) is 18.0 Å². The van der Waals surface area contributed by atoms with Gasteiger partial charge < -0.3 is 9.84 Å². The Balaban J connectivity index is 1.84. The van der Waals surface area contributed by atoms with E-state index in [2.05, 4.69) is 9.84 Å². The van der Waals surface area contributed by atoms with Gasteiger partial charge in [0.2, 0.25) is 0 Å². The molecule has 2 aromatic carbocycles. The van der Waals surface area contributed by atoms with Crippen molar-refractivity contribution in [3.8, 4) is 22.7 Å². The van der Waals surface area contributed by atoms with Gasteiger partial charge >= 0.3 is 12.3 Å². The number of hydrogen-bond donors (Lipinski definition) is 1. The molecule has 5 nitrogen and oxygen atoms in total. The van der Waals surface area contributed by atoms with Crippen LogP contribution in [0.4, 0.5) is 13.2 Å². The number of hydrogen-bond acceptors (Lipinski definition) is 3. The second-order valence-corrected chi connectivity index (χ2v) is 5.07. The van der Waals surface area contributed by atoms with Crippen LogP contribution in [0.3, 0.4) is 0 Å². The molecule has 25 heavy (non-hydrogen) atoms. The smallest absolute Gasteiger partial charge is 0.478 e. The number of benzene rings is 2. The van der Waals surface area contributed by atoms with Crippen molar-refractivity contribution in [3.63, 3.8) is 0 Å². The number of nitrogens with zero attached hydrogens (tertiary/aromatic N) is 2. The van der Waals surface area contributed by atoms with E-state index >= 15 is 0 Å². The molecular weight excluding hydrogens is 337 g/mol. The number of halogens is 3. The highest BCUT2D eigenvalue weighted by molar-refractivity contribution is 5.89. The third-order valence-corrected chi connectivity index (χ3v) is 3.33. The molecule has 0 saturated heterocycles. The second-order valence-electron chi connectivity index (χ2n) is 5.07. The highest BCUT2D eigenvalue weighted by atomic mass is 19.4. The first kappa shape index (κ1) is 16.6. The van der Waals surface area contributed by atoms with Crippen LogP contribution in [0.1, 0.15) is 10.4 Å². The minimum atomic E-state index is -4.74. The number of alkyl halides is 3. The minimum Gasteiger partial charge on any atom is -0.478 e. The van der Waals surface area contributed by atoms with Crippen LogP contribution in [0.5, 0.6) is 5.75 Å². The fourth-order valence-electron chi connectivity index (χ4n) is 2.23. The van der Waals surface area contributed by atoms with E-state index in [0.717, 1.165) is 0 Å². The zero-order valence-electron chi connectivity index (χ0n) is 12.6. The Bertz CT molecular complexity index is 902. The molecule has 1 aromatic heterocycles. The molecule has 0 saturated carbocycles. The topological polar surface area (TPSA) is 64.3 Å². The first-order valence-electron chi connectivity index (χ1n) is 7.07. The fraction of sp³-hybridized carbons (Fsp3) is 0.0588. The number of carboxylic acids is 1. The third kappa shape index (κ3) is 3.97. The molecule has 0 radical (unpaired) electrons.